The lowest BCUT2D eigenvalue weighted by atomic mass is 10.1. The molecule has 0 saturated heterocycles. The summed E-state index contributed by atoms with van der Waals surface area (Å²) < 4.78 is 46.6. The number of benzene rings is 2. The summed E-state index contributed by atoms with van der Waals surface area (Å²) in [5, 5.41) is 5.70. The number of carbonyl (C=O) groups is 1. The highest BCUT2D eigenvalue weighted by molar-refractivity contribution is 6.05. The predicted octanol–water partition coefficient (Wildman–Crippen LogP) is 5.25. The summed E-state index contributed by atoms with van der Waals surface area (Å²) in [4.78, 5) is 34.6. The molecule has 0 aliphatic carbocycles. The van der Waals surface area contributed by atoms with Gasteiger partial charge in [-0.05, 0) is 49.7 Å². The van der Waals surface area contributed by atoms with Crippen molar-refractivity contribution in [1.29, 1.82) is 0 Å². The minimum Gasteiger partial charge on any atom is -0.496 e. The first kappa shape index (κ1) is 25.6. The SMILES string of the molecule is COc1ccc(NC(=O)c2ccc(C)c(Nc3ncnc4cnc(-n5cnc(C)c5)nc34)c2)cc1C(F)(F)F. The minimum atomic E-state index is -4.65. The van der Waals surface area contributed by atoms with Gasteiger partial charge in [0.05, 0.1) is 24.6 Å². The standard InChI is InChI=1S/C26H21F3N8O2/c1-14-4-5-16(24(38)34-17-6-7-21(39-3)18(9-17)26(27,28)29)8-19(14)35-23-22-20(31-12-32-23)10-30-25(36-22)37-11-15(2)33-13-37/h4-13H,1-3H3,(H,34,38)(H,31,32,35). The molecular weight excluding hydrogens is 513 g/mol. The van der Waals surface area contributed by atoms with Gasteiger partial charge in [0, 0.05) is 23.1 Å². The van der Waals surface area contributed by atoms with E-state index < -0.39 is 17.6 Å². The Bertz CT molecular complexity index is 1700. The summed E-state index contributed by atoms with van der Waals surface area (Å²) in [5.74, 6) is -0.173. The Morgan fingerprint density at radius 3 is 2.56 bits per heavy atom. The fourth-order valence-corrected chi connectivity index (χ4v) is 3.83. The van der Waals surface area contributed by atoms with Crippen LogP contribution in [0.2, 0.25) is 0 Å². The van der Waals surface area contributed by atoms with Crippen molar-refractivity contribution in [3.05, 3.63) is 83.8 Å². The quantitative estimate of drug-likeness (QED) is 0.303. The topological polar surface area (TPSA) is 120 Å². The van der Waals surface area contributed by atoms with Gasteiger partial charge in [-0.2, -0.15) is 13.2 Å². The molecule has 2 aromatic carbocycles. The number of aryl methyl sites for hydroxylation is 2. The number of aromatic nitrogens is 6. The van der Waals surface area contributed by atoms with Gasteiger partial charge in [0.25, 0.3) is 5.91 Å². The molecule has 1 amide bonds. The lowest BCUT2D eigenvalue weighted by Crippen LogP contribution is -2.14. The number of nitrogens with zero attached hydrogens (tertiary/aromatic N) is 6. The second-order valence-electron chi connectivity index (χ2n) is 8.57. The van der Waals surface area contributed by atoms with Gasteiger partial charge in [-0.3, -0.25) is 9.36 Å². The summed E-state index contributed by atoms with van der Waals surface area (Å²) in [5.41, 5.74) is 2.29. The number of nitrogens with one attached hydrogen (secondary N) is 2. The maximum Gasteiger partial charge on any atom is 0.420 e. The lowest BCUT2D eigenvalue weighted by molar-refractivity contribution is -0.138. The van der Waals surface area contributed by atoms with Crippen LogP contribution in [0.5, 0.6) is 5.75 Å². The molecule has 2 N–H and O–H groups in total. The fourth-order valence-electron chi connectivity index (χ4n) is 3.83. The number of hydrogen-bond acceptors (Lipinski definition) is 8. The average molecular weight is 535 g/mol. The zero-order valence-corrected chi connectivity index (χ0v) is 20.9. The van der Waals surface area contributed by atoms with Crippen molar-refractivity contribution in [2.45, 2.75) is 20.0 Å². The molecule has 198 valence electrons. The van der Waals surface area contributed by atoms with Crippen molar-refractivity contribution >= 4 is 34.1 Å². The number of halogens is 3. The summed E-state index contributed by atoms with van der Waals surface area (Å²) >= 11 is 0. The largest absolute Gasteiger partial charge is 0.496 e. The normalized spacial score (nSPS) is 11.4. The van der Waals surface area contributed by atoms with E-state index in [4.69, 9.17) is 4.74 Å². The van der Waals surface area contributed by atoms with Crippen molar-refractivity contribution in [3.8, 4) is 11.7 Å². The van der Waals surface area contributed by atoms with Gasteiger partial charge >= 0.3 is 6.18 Å². The van der Waals surface area contributed by atoms with Gasteiger partial charge < -0.3 is 15.4 Å². The molecule has 39 heavy (non-hydrogen) atoms. The van der Waals surface area contributed by atoms with Crippen LogP contribution >= 0.6 is 0 Å². The third-order valence-electron chi connectivity index (χ3n) is 5.82. The molecule has 0 fully saturated rings. The van der Waals surface area contributed by atoms with Gasteiger partial charge in [0.1, 0.15) is 29.4 Å². The number of amides is 1. The second-order valence-corrected chi connectivity index (χ2v) is 8.57. The van der Waals surface area contributed by atoms with Crippen LogP contribution in [0.1, 0.15) is 27.2 Å². The second kappa shape index (κ2) is 10.0. The Labute approximate surface area is 219 Å². The van der Waals surface area contributed by atoms with Crippen LogP contribution in [-0.2, 0) is 6.18 Å². The van der Waals surface area contributed by atoms with Crippen molar-refractivity contribution in [2.24, 2.45) is 0 Å². The first-order valence-corrected chi connectivity index (χ1v) is 11.6. The first-order valence-electron chi connectivity index (χ1n) is 11.6. The van der Waals surface area contributed by atoms with Crippen LogP contribution in [0.4, 0.5) is 30.4 Å². The maximum absolute atomic E-state index is 13.4. The van der Waals surface area contributed by atoms with E-state index in [2.05, 4.69) is 35.6 Å². The zero-order chi connectivity index (χ0) is 27.7. The fraction of sp³-hybridized carbons (Fsp3) is 0.154. The lowest BCUT2D eigenvalue weighted by Gasteiger charge is -2.15. The number of anilines is 3. The zero-order valence-electron chi connectivity index (χ0n) is 20.9. The Balaban J connectivity index is 1.44. The van der Waals surface area contributed by atoms with E-state index in [1.54, 1.807) is 41.5 Å². The molecule has 0 radical (unpaired) electrons. The first-order chi connectivity index (χ1) is 18.6. The number of carbonyl (C=O) groups excluding carboxylic acids is 1. The molecular formula is C26H21F3N8O2. The molecule has 10 nitrogen and oxygen atoms in total. The van der Waals surface area contributed by atoms with Gasteiger partial charge in [-0.15, -0.1) is 0 Å². The number of hydrogen-bond donors (Lipinski definition) is 2. The smallest absolute Gasteiger partial charge is 0.420 e. The van der Waals surface area contributed by atoms with Crippen molar-refractivity contribution in [3.63, 3.8) is 0 Å². The van der Waals surface area contributed by atoms with E-state index in [-0.39, 0.29) is 17.0 Å². The minimum absolute atomic E-state index is 0.0241. The molecule has 3 aromatic heterocycles. The van der Waals surface area contributed by atoms with E-state index in [1.807, 2.05) is 13.8 Å². The third kappa shape index (κ3) is 5.32. The van der Waals surface area contributed by atoms with Gasteiger partial charge in [0.2, 0.25) is 5.95 Å². The monoisotopic (exact) mass is 534 g/mol. The average Bonchev–Trinajstić information content (AvgIpc) is 3.35. The van der Waals surface area contributed by atoms with Gasteiger partial charge in [0.15, 0.2) is 5.82 Å². The maximum atomic E-state index is 13.4. The van der Waals surface area contributed by atoms with Crippen molar-refractivity contribution < 1.29 is 22.7 Å². The molecule has 3 heterocycles. The molecule has 0 bridgehead atoms. The Morgan fingerprint density at radius 1 is 1.03 bits per heavy atom. The summed E-state index contributed by atoms with van der Waals surface area (Å²) in [7, 11) is 1.15. The summed E-state index contributed by atoms with van der Waals surface area (Å²) in [6.45, 7) is 3.69. The molecule has 0 unspecified atom stereocenters. The van der Waals surface area contributed by atoms with E-state index >= 15 is 0 Å². The number of alkyl halides is 3. The Morgan fingerprint density at radius 2 is 1.85 bits per heavy atom. The van der Waals surface area contributed by atoms with E-state index in [9.17, 15) is 18.0 Å². The van der Waals surface area contributed by atoms with Gasteiger partial charge in [-0.1, -0.05) is 6.07 Å². The van der Waals surface area contributed by atoms with E-state index in [0.717, 1.165) is 30.5 Å². The van der Waals surface area contributed by atoms with Crippen molar-refractivity contribution in [2.75, 3.05) is 17.7 Å². The van der Waals surface area contributed by atoms with Crippen LogP contribution in [0.15, 0.2) is 61.4 Å². The molecule has 0 saturated carbocycles. The highest BCUT2D eigenvalue weighted by Gasteiger charge is 2.34. The van der Waals surface area contributed by atoms with Crippen molar-refractivity contribution in [1.82, 2.24) is 29.5 Å². The molecule has 5 aromatic rings. The highest BCUT2D eigenvalue weighted by atomic mass is 19.4. The van der Waals surface area contributed by atoms with E-state index in [0.29, 0.717) is 28.5 Å². The Kier molecular flexibility index (Phi) is 6.56. The number of rotatable bonds is 6. The number of imidazole rings is 1. The van der Waals surface area contributed by atoms with Crippen LogP contribution in [0, 0.1) is 13.8 Å². The molecule has 0 aliphatic heterocycles. The Hall–Kier alpha value is -5.07. The molecule has 5 rings (SSSR count). The predicted molar refractivity (Wildman–Crippen MR) is 137 cm³/mol. The molecule has 13 heteroatoms. The third-order valence-corrected chi connectivity index (χ3v) is 5.82. The van der Waals surface area contributed by atoms with Gasteiger partial charge in [-0.25, -0.2) is 24.9 Å². The summed E-state index contributed by atoms with van der Waals surface area (Å²) in [6.07, 6.45) is 1.67. The highest BCUT2D eigenvalue weighted by Crippen LogP contribution is 2.38. The molecule has 0 aliphatic rings. The number of fused-ring (bicyclic) bond motifs is 1. The number of methoxy groups -OCH3 is 1. The molecule has 0 spiro atoms. The van der Waals surface area contributed by atoms with E-state index in [1.165, 1.54) is 12.4 Å². The van der Waals surface area contributed by atoms with Crippen LogP contribution in [0.3, 0.4) is 0 Å². The van der Waals surface area contributed by atoms with Crippen LogP contribution < -0.4 is 15.4 Å². The van der Waals surface area contributed by atoms with Crippen LogP contribution in [-0.4, -0.2) is 42.5 Å². The number of ether oxygens (including phenoxy) is 1. The summed E-state index contributed by atoms with van der Waals surface area (Å²) in [6, 6.07) is 8.19. The molecule has 0 atom stereocenters. The van der Waals surface area contributed by atoms with Crippen LogP contribution in [0.25, 0.3) is 17.0 Å².